The number of fused-ring (bicyclic) bond motifs is 1. The number of likely N-dealkylation sites (N-methyl/N-ethyl adjacent to an activating group) is 1. The number of nitrogens with one attached hydrogen (secondary N) is 1. The molecule has 1 saturated heterocycles. The van der Waals surface area contributed by atoms with Crippen LogP contribution in [-0.4, -0.2) is 80.8 Å². The van der Waals surface area contributed by atoms with Crippen LogP contribution in [0.1, 0.15) is 40.1 Å². The first-order chi connectivity index (χ1) is 22.0. The highest BCUT2D eigenvalue weighted by molar-refractivity contribution is 6.39. The second-order valence-corrected chi connectivity index (χ2v) is 13.2. The molecular weight excluding hydrogens is 645 g/mol. The van der Waals surface area contributed by atoms with Gasteiger partial charge >= 0.3 is 0 Å². The molecule has 0 unspecified atom stereocenters. The van der Waals surface area contributed by atoms with Gasteiger partial charge in [0.15, 0.2) is 5.82 Å². The SMILES string of the molecule is CC(=O)N1CCN(Cc2c(C)cc(-c3cccc(-c4cccc(NC(=O)c5nc6c(n5C)CCN(C)C6)c4Cl)c3Cl)nc2Cl)CC1. The molecule has 1 N–H and O–H groups in total. The number of aryl methyl sites for hydroxylation is 1. The van der Waals surface area contributed by atoms with Gasteiger partial charge in [-0.3, -0.25) is 14.5 Å². The fourth-order valence-electron chi connectivity index (χ4n) is 6.25. The van der Waals surface area contributed by atoms with Crippen LogP contribution < -0.4 is 5.32 Å². The lowest BCUT2D eigenvalue weighted by atomic mass is 9.99. The molecule has 9 nitrogen and oxygen atoms in total. The number of nitrogens with zero attached hydrogens (tertiary/aromatic N) is 6. The quantitative estimate of drug-likeness (QED) is 0.240. The van der Waals surface area contributed by atoms with Crippen LogP contribution in [0.2, 0.25) is 15.2 Å². The highest BCUT2D eigenvalue weighted by atomic mass is 35.5. The molecule has 4 aromatic rings. The summed E-state index contributed by atoms with van der Waals surface area (Å²) in [6.07, 6.45) is 0.843. The number of imidazole rings is 1. The zero-order valence-corrected chi connectivity index (χ0v) is 28.6. The second-order valence-electron chi connectivity index (χ2n) is 12.0. The Bertz CT molecular complexity index is 1810. The van der Waals surface area contributed by atoms with E-state index in [9.17, 15) is 9.59 Å². The molecule has 2 aromatic carbocycles. The van der Waals surface area contributed by atoms with E-state index in [-0.39, 0.29) is 11.8 Å². The van der Waals surface area contributed by atoms with Crippen molar-refractivity contribution in [2.75, 3.05) is 45.1 Å². The highest BCUT2D eigenvalue weighted by Crippen LogP contribution is 2.41. The van der Waals surface area contributed by atoms with Crippen molar-refractivity contribution in [3.05, 3.63) is 86.0 Å². The monoisotopic (exact) mass is 679 g/mol. The summed E-state index contributed by atoms with van der Waals surface area (Å²) >= 11 is 20.7. The average molecular weight is 681 g/mol. The van der Waals surface area contributed by atoms with Crippen LogP contribution in [0.3, 0.4) is 0 Å². The number of pyridine rings is 1. The van der Waals surface area contributed by atoms with Gasteiger partial charge in [-0.1, -0.05) is 65.1 Å². The molecule has 0 atom stereocenters. The van der Waals surface area contributed by atoms with Crippen molar-refractivity contribution in [1.29, 1.82) is 0 Å². The van der Waals surface area contributed by atoms with E-state index in [1.165, 1.54) is 0 Å². The number of carbonyl (C=O) groups is 2. The molecule has 6 rings (SSSR count). The summed E-state index contributed by atoms with van der Waals surface area (Å²) in [7, 11) is 3.92. The number of halogens is 3. The normalized spacial score (nSPS) is 15.6. The first kappa shape index (κ1) is 32.5. The van der Waals surface area contributed by atoms with Crippen LogP contribution in [0.15, 0.2) is 42.5 Å². The van der Waals surface area contributed by atoms with Gasteiger partial charge in [-0.05, 0) is 31.7 Å². The number of amides is 2. The van der Waals surface area contributed by atoms with E-state index >= 15 is 0 Å². The molecule has 2 aliphatic rings. The summed E-state index contributed by atoms with van der Waals surface area (Å²) in [5.41, 5.74) is 7.20. The Morgan fingerprint density at radius 1 is 0.891 bits per heavy atom. The van der Waals surface area contributed by atoms with E-state index < -0.39 is 0 Å². The summed E-state index contributed by atoms with van der Waals surface area (Å²) in [5, 5.41) is 4.24. The standard InChI is InChI=1S/C34H36Cl3N7O2/c1-20-17-27(38-32(37)25(20)18-43-13-15-44(16-14-43)21(2)45)24-9-5-7-22(30(24)35)23-8-6-10-26(31(23)36)40-34(46)33-39-28-19-41(3)12-11-29(28)42(33)4/h5-10,17H,11-16,18-19H2,1-4H3,(H,40,46). The minimum Gasteiger partial charge on any atom is -0.340 e. The maximum absolute atomic E-state index is 13.4. The number of piperazine rings is 1. The number of hydrogen-bond acceptors (Lipinski definition) is 6. The van der Waals surface area contributed by atoms with Gasteiger partial charge in [-0.25, -0.2) is 9.97 Å². The molecule has 2 amide bonds. The van der Waals surface area contributed by atoms with E-state index in [2.05, 4.69) is 20.1 Å². The Labute approximate surface area is 284 Å². The van der Waals surface area contributed by atoms with Gasteiger partial charge in [0.1, 0.15) is 5.15 Å². The second kappa shape index (κ2) is 13.3. The maximum atomic E-state index is 13.4. The number of rotatable bonds is 6. The van der Waals surface area contributed by atoms with Crippen molar-refractivity contribution in [2.45, 2.75) is 33.4 Å². The first-order valence-corrected chi connectivity index (χ1v) is 16.4. The van der Waals surface area contributed by atoms with E-state index in [0.717, 1.165) is 54.1 Å². The predicted octanol–water partition coefficient (Wildman–Crippen LogP) is 6.32. The van der Waals surface area contributed by atoms with Crippen LogP contribution >= 0.6 is 34.8 Å². The van der Waals surface area contributed by atoms with Gasteiger partial charge in [0.2, 0.25) is 5.91 Å². The van der Waals surface area contributed by atoms with Crippen molar-refractivity contribution >= 4 is 52.3 Å². The Kier molecular flexibility index (Phi) is 9.41. The van der Waals surface area contributed by atoms with Crippen LogP contribution in [0.4, 0.5) is 5.69 Å². The Hall–Kier alpha value is -3.47. The van der Waals surface area contributed by atoms with Gasteiger partial charge in [-0.2, -0.15) is 0 Å². The van der Waals surface area contributed by atoms with Gasteiger partial charge < -0.3 is 19.7 Å². The van der Waals surface area contributed by atoms with Crippen LogP contribution in [0.25, 0.3) is 22.4 Å². The molecular formula is C34H36Cl3N7O2. The molecule has 1 fully saturated rings. The summed E-state index contributed by atoms with van der Waals surface area (Å²) in [4.78, 5) is 40.8. The van der Waals surface area contributed by atoms with Gasteiger partial charge in [0, 0.05) is 94.2 Å². The topological polar surface area (TPSA) is 86.6 Å². The average Bonchev–Trinajstić information content (AvgIpc) is 3.35. The van der Waals surface area contributed by atoms with Crippen molar-refractivity contribution in [1.82, 2.24) is 29.2 Å². The summed E-state index contributed by atoms with van der Waals surface area (Å²) in [6, 6.07) is 13.2. The van der Waals surface area contributed by atoms with Crippen LogP contribution in [0.5, 0.6) is 0 Å². The number of hydrogen-bond donors (Lipinski definition) is 1. The smallest absolute Gasteiger partial charge is 0.291 e. The third-order valence-corrected chi connectivity index (χ3v) is 10.1. The number of aromatic nitrogens is 3. The Morgan fingerprint density at radius 2 is 1.57 bits per heavy atom. The highest BCUT2D eigenvalue weighted by Gasteiger charge is 2.25. The van der Waals surface area contributed by atoms with Crippen molar-refractivity contribution in [3.63, 3.8) is 0 Å². The summed E-state index contributed by atoms with van der Waals surface area (Å²) in [5.74, 6) is 0.128. The lowest BCUT2D eigenvalue weighted by Gasteiger charge is -2.34. The van der Waals surface area contributed by atoms with Gasteiger partial charge in [-0.15, -0.1) is 0 Å². The number of carbonyl (C=O) groups excluding carboxylic acids is 2. The van der Waals surface area contributed by atoms with E-state index in [0.29, 0.717) is 69.7 Å². The van der Waals surface area contributed by atoms with Gasteiger partial charge in [0.25, 0.3) is 5.91 Å². The zero-order valence-electron chi connectivity index (χ0n) is 26.3. The molecule has 12 heteroatoms. The Morgan fingerprint density at radius 3 is 2.26 bits per heavy atom. The fraction of sp³-hybridized carbons (Fsp3) is 0.353. The molecule has 46 heavy (non-hydrogen) atoms. The molecule has 0 radical (unpaired) electrons. The minimum absolute atomic E-state index is 0.104. The zero-order chi connectivity index (χ0) is 32.7. The summed E-state index contributed by atoms with van der Waals surface area (Å²) < 4.78 is 1.87. The Balaban J connectivity index is 1.24. The minimum atomic E-state index is -0.325. The van der Waals surface area contributed by atoms with E-state index in [1.54, 1.807) is 13.0 Å². The molecule has 0 spiro atoms. The lowest BCUT2D eigenvalue weighted by Crippen LogP contribution is -2.47. The molecule has 0 aliphatic carbocycles. The van der Waals surface area contributed by atoms with E-state index in [1.807, 2.05) is 66.9 Å². The van der Waals surface area contributed by atoms with Gasteiger partial charge in [0.05, 0.1) is 27.1 Å². The van der Waals surface area contributed by atoms with E-state index in [4.69, 9.17) is 39.8 Å². The molecule has 240 valence electrons. The van der Waals surface area contributed by atoms with Crippen LogP contribution in [-0.2, 0) is 31.4 Å². The number of anilines is 1. The van der Waals surface area contributed by atoms with Crippen molar-refractivity contribution < 1.29 is 9.59 Å². The third-order valence-electron chi connectivity index (χ3n) is 8.96. The number of benzene rings is 2. The first-order valence-electron chi connectivity index (χ1n) is 15.3. The molecule has 2 aromatic heterocycles. The van der Waals surface area contributed by atoms with Crippen molar-refractivity contribution in [2.24, 2.45) is 7.05 Å². The molecule has 0 saturated carbocycles. The molecule has 4 heterocycles. The summed E-state index contributed by atoms with van der Waals surface area (Å²) in [6.45, 7) is 8.90. The van der Waals surface area contributed by atoms with Crippen LogP contribution in [0, 0.1) is 6.92 Å². The lowest BCUT2D eigenvalue weighted by molar-refractivity contribution is -0.130. The largest absolute Gasteiger partial charge is 0.340 e. The molecule has 0 bridgehead atoms. The third kappa shape index (κ3) is 6.39. The fourth-order valence-corrected chi connectivity index (χ4v) is 7.15. The predicted molar refractivity (Wildman–Crippen MR) is 184 cm³/mol. The maximum Gasteiger partial charge on any atom is 0.291 e. The van der Waals surface area contributed by atoms with Crippen molar-refractivity contribution in [3.8, 4) is 22.4 Å². The molecule has 2 aliphatic heterocycles.